The standard InChI is InChI=1S/C17H22ClN3/c1-12-14(16(18)21(3)20-12)11-15(19-2)17(9-10-17)13-7-5-4-6-8-13/h4-8,15,19H,9-11H2,1-3H3. The van der Waals surface area contributed by atoms with Crippen LogP contribution >= 0.6 is 11.6 Å². The highest BCUT2D eigenvalue weighted by molar-refractivity contribution is 6.30. The van der Waals surface area contributed by atoms with E-state index in [0.29, 0.717) is 6.04 Å². The van der Waals surface area contributed by atoms with Gasteiger partial charge in [0.05, 0.1) is 5.69 Å². The summed E-state index contributed by atoms with van der Waals surface area (Å²) in [5, 5.41) is 8.71. The summed E-state index contributed by atoms with van der Waals surface area (Å²) >= 11 is 6.40. The van der Waals surface area contributed by atoms with Gasteiger partial charge in [-0.25, -0.2) is 0 Å². The predicted molar refractivity (Wildman–Crippen MR) is 86.9 cm³/mol. The quantitative estimate of drug-likeness (QED) is 0.919. The van der Waals surface area contributed by atoms with Gasteiger partial charge < -0.3 is 5.32 Å². The summed E-state index contributed by atoms with van der Waals surface area (Å²) in [5.41, 5.74) is 3.89. The fraction of sp³-hybridized carbons (Fsp3) is 0.471. The third-order valence-corrected chi connectivity index (χ3v) is 5.30. The van der Waals surface area contributed by atoms with Crippen molar-refractivity contribution in [1.82, 2.24) is 15.1 Å². The Bertz CT molecular complexity index is 629. The first-order valence-corrected chi connectivity index (χ1v) is 7.87. The summed E-state index contributed by atoms with van der Waals surface area (Å²) in [6.07, 6.45) is 3.39. The summed E-state index contributed by atoms with van der Waals surface area (Å²) < 4.78 is 1.76. The third kappa shape index (κ3) is 2.49. The number of hydrogen-bond donors (Lipinski definition) is 1. The number of rotatable bonds is 5. The summed E-state index contributed by atoms with van der Waals surface area (Å²) in [7, 11) is 3.95. The Balaban J connectivity index is 1.89. The molecular formula is C17H22ClN3. The number of aromatic nitrogens is 2. The molecule has 0 aliphatic heterocycles. The molecule has 1 N–H and O–H groups in total. The Morgan fingerprint density at radius 3 is 2.48 bits per heavy atom. The summed E-state index contributed by atoms with van der Waals surface area (Å²) in [4.78, 5) is 0. The van der Waals surface area contributed by atoms with Crippen molar-refractivity contribution < 1.29 is 0 Å². The van der Waals surface area contributed by atoms with Gasteiger partial charge in [0.1, 0.15) is 5.15 Å². The topological polar surface area (TPSA) is 29.9 Å². The first-order valence-electron chi connectivity index (χ1n) is 7.49. The second-order valence-corrected chi connectivity index (χ2v) is 6.40. The minimum absolute atomic E-state index is 0.252. The van der Waals surface area contributed by atoms with E-state index in [1.807, 2.05) is 21.0 Å². The molecule has 1 aromatic heterocycles. The molecule has 1 saturated carbocycles. The number of nitrogens with one attached hydrogen (secondary N) is 1. The van der Waals surface area contributed by atoms with Crippen LogP contribution in [0.15, 0.2) is 30.3 Å². The van der Waals surface area contributed by atoms with Crippen LogP contribution in [0.2, 0.25) is 5.15 Å². The lowest BCUT2D eigenvalue weighted by Gasteiger charge is -2.27. The zero-order valence-electron chi connectivity index (χ0n) is 12.9. The van der Waals surface area contributed by atoms with Crippen molar-refractivity contribution in [1.29, 1.82) is 0 Å². The molecule has 1 aliphatic carbocycles. The molecule has 4 heteroatoms. The van der Waals surface area contributed by atoms with Crippen LogP contribution in [-0.2, 0) is 18.9 Å². The minimum atomic E-state index is 0.252. The molecule has 21 heavy (non-hydrogen) atoms. The maximum atomic E-state index is 6.40. The van der Waals surface area contributed by atoms with Crippen LogP contribution in [0.4, 0.5) is 0 Å². The molecule has 0 spiro atoms. The average Bonchev–Trinajstić information content (AvgIpc) is 3.25. The van der Waals surface area contributed by atoms with Crippen molar-refractivity contribution in [2.24, 2.45) is 7.05 Å². The van der Waals surface area contributed by atoms with E-state index in [4.69, 9.17) is 11.6 Å². The van der Waals surface area contributed by atoms with E-state index in [1.54, 1.807) is 4.68 Å². The van der Waals surface area contributed by atoms with Crippen LogP contribution in [0.5, 0.6) is 0 Å². The molecule has 1 aromatic carbocycles. The molecule has 2 aromatic rings. The maximum Gasteiger partial charge on any atom is 0.130 e. The first kappa shape index (κ1) is 14.6. The smallest absolute Gasteiger partial charge is 0.130 e. The third-order valence-electron chi connectivity index (χ3n) is 4.83. The summed E-state index contributed by atoms with van der Waals surface area (Å²) in [6.45, 7) is 2.04. The van der Waals surface area contributed by atoms with E-state index < -0.39 is 0 Å². The second-order valence-electron chi connectivity index (χ2n) is 6.05. The average molecular weight is 304 g/mol. The van der Waals surface area contributed by atoms with E-state index in [9.17, 15) is 0 Å². The molecule has 1 unspecified atom stereocenters. The molecule has 3 nitrogen and oxygen atoms in total. The van der Waals surface area contributed by atoms with Gasteiger partial charge >= 0.3 is 0 Å². The number of halogens is 1. The minimum Gasteiger partial charge on any atom is -0.316 e. The van der Waals surface area contributed by atoms with Gasteiger partial charge in [-0.15, -0.1) is 0 Å². The summed E-state index contributed by atoms with van der Waals surface area (Å²) in [5.74, 6) is 0. The molecule has 1 heterocycles. The molecule has 112 valence electrons. The lowest BCUT2D eigenvalue weighted by Crippen LogP contribution is -2.39. The van der Waals surface area contributed by atoms with Gasteiger partial charge in [-0.05, 0) is 38.8 Å². The monoisotopic (exact) mass is 303 g/mol. The van der Waals surface area contributed by atoms with Gasteiger partial charge in [0.2, 0.25) is 0 Å². The molecule has 1 aliphatic rings. The van der Waals surface area contributed by atoms with Gasteiger partial charge in [-0.2, -0.15) is 5.10 Å². The molecule has 0 amide bonds. The van der Waals surface area contributed by atoms with Crippen LogP contribution in [0.3, 0.4) is 0 Å². The van der Waals surface area contributed by atoms with Crippen molar-refractivity contribution in [2.45, 2.75) is 37.6 Å². The Kier molecular flexibility index (Phi) is 3.80. The lowest BCUT2D eigenvalue weighted by atomic mass is 9.84. The number of nitrogens with zero attached hydrogens (tertiary/aromatic N) is 2. The van der Waals surface area contributed by atoms with Crippen molar-refractivity contribution in [3.63, 3.8) is 0 Å². The van der Waals surface area contributed by atoms with Gasteiger partial charge in [0.25, 0.3) is 0 Å². The lowest BCUT2D eigenvalue weighted by molar-refractivity contribution is 0.442. The van der Waals surface area contributed by atoms with E-state index in [2.05, 4.69) is 40.7 Å². The summed E-state index contributed by atoms with van der Waals surface area (Å²) in [6, 6.07) is 11.2. The molecular weight excluding hydrogens is 282 g/mol. The largest absolute Gasteiger partial charge is 0.316 e. The fourth-order valence-electron chi connectivity index (χ4n) is 3.43. The van der Waals surface area contributed by atoms with Crippen LogP contribution < -0.4 is 5.32 Å². The Labute approximate surface area is 131 Å². The Hall–Kier alpha value is -1.32. The van der Waals surface area contributed by atoms with Crippen molar-refractivity contribution in [3.8, 4) is 0 Å². The van der Waals surface area contributed by atoms with Crippen LogP contribution in [0.25, 0.3) is 0 Å². The van der Waals surface area contributed by atoms with E-state index >= 15 is 0 Å². The van der Waals surface area contributed by atoms with E-state index in [-0.39, 0.29) is 5.41 Å². The van der Waals surface area contributed by atoms with Crippen LogP contribution in [-0.4, -0.2) is 22.9 Å². The van der Waals surface area contributed by atoms with Gasteiger partial charge in [-0.1, -0.05) is 41.9 Å². The molecule has 0 saturated heterocycles. The van der Waals surface area contributed by atoms with Crippen LogP contribution in [0, 0.1) is 6.92 Å². The highest BCUT2D eigenvalue weighted by Crippen LogP contribution is 2.51. The molecule has 1 atom stereocenters. The second kappa shape index (κ2) is 5.47. The molecule has 0 radical (unpaired) electrons. The highest BCUT2D eigenvalue weighted by atomic mass is 35.5. The zero-order chi connectivity index (χ0) is 15.0. The normalized spacial score (nSPS) is 17.7. The maximum absolute atomic E-state index is 6.40. The molecule has 0 bridgehead atoms. The Morgan fingerprint density at radius 1 is 1.33 bits per heavy atom. The number of likely N-dealkylation sites (N-methyl/N-ethyl adjacent to an activating group) is 1. The van der Waals surface area contributed by atoms with Crippen LogP contribution in [0.1, 0.15) is 29.7 Å². The SMILES string of the molecule is CNC(Cc1c(C)nn(C)c1Cl)C1(c2ccccc2)CC1. The fourth-order valence-corrected chi connectivity index (χ4v) is 3.68. The van der Waals surface area contributed by atoms with Crippen molar-refractivity contribution in [2.75, 3.05) is 7.05 Å². The Morgan fingerprint density at radius 2 is 2.00 bits per heavy atom. The van der Waals surface area contributed by atoms with Gasteiger partial charge in [0.15, 0.2) is 0 Å². The van der Waals surface area contributed by atoms with E-state index in [0.717, 1.165) is 17.3 Å². The molecule has 1 fully saturated rings. The number of hydrogen-bond acceptors (Lipinski definition) is 2. The first-order chi connectivity index (χ1) is 10.1. The highest BCUT2D eigenvalue weighted by Gasteiger charge is 2.50. The van der Waals surface area contributed by atoms with Crippen molar-refractivity contribution >= 4 is 11.6 Å². The zero-order valence-corrected chi connectivity index (χ0v) is 13.6. The van der Waals surface area contributed by atoms with Gasteiger partial charge in [0, 0.05) is 24.1 Å². The van der Waals surface area contributed by atoms with E-state index in [1.165, 1.54) is 24.0 Å². The number of benzene rings is 1. The molecule has 3 rings (SSSR count). The van der Waals surface area contributed by atoms with Crippen molar-refractivity contribution in [3.05, 3.63) is 52.3 Å². The number of aryl methyl sites for hydroxylation is 2. The predicted octanol–water partition coefficient (Wildman–Crippen LogP) is 3.24. The van der Waals surface area contributed by atoms with Gasteiger partial charge in [-0.3, -0.25) is 4.68 Å².